The Morgan fingerprint density at radius 2 is 1.00 bits per heavy atom. The molecule has 0 saturated carbocycles. The van der Waals surface area contributed by atoms with Crippen LogP contribution in [0.2, 0.25) is 0 Å². The molecule has 0 aromatic carbocycles. The Bertz CT molecular complexity index is 1860. The average molecular weight is 942 g/mol. The van der Waals surface area contributed by atoms with Crippen LogP contribution in [0.1, 0.15) is 118 Å². The van der Waals surface area contributed by atoms with Crippen LogP contribution in [0, 0.1) is 17.2 Å². The highest BCUT2D eigenvalue weighted by Crippen LogP contribution is 2.27. The van der Waals surface area contributed by atoms with Gasteiger partial charge in [-0.2, -0.15) is 0 Å². The molecular formula is C45H75N13O9. The fourth-order valence-electron chi connectivity index (χ4n) is 10.4. The van der Waals surface area contributed by atoms with E-state index >= 15 is 0 Å². The molecule has 22 heteroatoms. The second kappa shape index (κ2) is 24.0. The van der Waals surface area contributed by atoms with E-state index in [1.54, 1.807) is 4.90 Å². The molecule has 0 radical (unpaired) electrons. The Balaban J connectivity index is 1.19. The summed E-state index contributed by atoms with van der Waals surface area (Å²) in [5.74, 6) is -4.30. The first-order valence-electron chi connectivity index (χ1n) is 24.3. The van der Waals surface area contributed by atoms with Gasteiger partial charge in [-0.3, -0.25) is 48.6 Å². The van der Waals surface area contributed by atoms with E-state index in [0.29, 0.717) is 96.7 Å². The topological polar surface area (TPSA) is 320 Å². The van der Waals surface area contributed by atoms with Crippen molar-refractivity contribution in [2.24, 2.45) is 29.0 Å². The number of carbonyl (C=O) groups is 9. The van der Waals surface area contributed by atoms with Gasteiger partial charge in [-0.1, -0.05) is 27.7 Å². The van der Waals surface area contributed by atoms with Gasteiger partial charge in [-0.05, 0) is 102 Å². The van der Waals surface area contributed by atoms with Gasteiger partial charge in [-0.15, -0.1) is 0 Å². The van der Waals surface area contributed by atoms with Crippen LogP contribution in [-0.4, -0.2) is 178 Å². The summed E-state index contributed by atoms with van der Waals surface area (Å²) in [7, 11) is 0. The number of carbonyl (C=O) groups excluding carboxylic acids is 9. The molecule has 5 saturated heterocycles. The second-order valence-corrected chi connectivity index (χ2v) is 19.6. The fraction of sp³-hybridized carbons (Fsp3) is 0.778. The predicted molar refractivity (Wildman–Crippen MR) is 246 cm³/mol. The van der Waals surface area contributed by atoms with Gasteiger partial charge < -0.3 is 63.0 Å². The van der Waals surface area contributed by atoms with Crippen molar-refractivity contribution in [3.05, 3.63) is 0 Å². The van der Waals surface area contributed by atoms with Crippen molar-refractivity contribution >= 4 is 59.1 Å². The minimum atomic E-state index is -1.04. The van der Waals surface area contributed by atoms with E-state index in [9.17, 15) is 43.2 Å². The zero-order chi connectivity index (χ0) is 49.1. The van der Waals surface area contributed by atoms with Gasteiger partial charge in [0, 0.05) is 39.3 Å². The zero-order valence-corrected chi connectivity index (χ0v) is 39.8. The lowest BCUT2D eigenvalue weighted by Gasteiger charge is -2.33. The normalized spacial score (nSPS) is 24.2. The van der Waals surface area contributed by atoms with E-state index in [2.05, 4.69) is 21.3 Å². The number of nitrogens with one attached hydrogen (secondary N) is 5. The van der Waals surface area contributed by atoms with Crippen molar-refractivity contribution in [3.8, 4) is 0 Å². The second-order valence-electron chi connectivity index (χ2n) is 19.6. The molecule has 5 aliphatic heterocycles. The molecule has 8 atom stereocenters. The summed E-state index contributed by atoms with van der Waals surface area (Å²) in [5.41, 5.74) is 17.2. The molecule has 374 valence electrons. The van der Waals surface area contributed by atoms with Crippen molar-refractivity contribution < 1.29 is 43.2 Å². The number of hydrogen-bond acceptors (Lipinski definition) is 11. The fourth-order valence-corrected chi connectivity index (χ4v) is 10.4. The summed E-state index contributed by atoms with van der Waals surface area (Å²) < 4.78 is 0. The smallest absolute Gasteiger partial charge is 0.246 e. The summed E-state index contributed by atoms with van der Waals surface area (Å²) in [6.45, 7) is 9.16. The Hall–Kier alpha value is -5.54. The molecule has 9 amide bonds. The van der Waals surface area contributed by atoms with Crippen LogP contribution in [0.5, 0.6) is 0 Å². The molecular weight excluding hydrogens is 867 g/mol. The lowest BCUT2D eigenvalue weighted by molar-refractivity contribution is -0.147. The average Bonchev–Trinajstić information content (AvgIpc) is 4.14. The highest BCUT2D eigenvalue weighted by Gasteiger charge is 2.45. The number of rotatable bonds is 20. The maximum Gasteiger partial charge on any atom is 0.246 e. The SMILES string of the molecule is CC(C)CC(N)C(=O)N1CCC[C@H]1C(=O)N1CCC[C@H]1C(=O)NCC(=O)N1CCC[C@H]1C(=O)NC(CC(C)C)C(=O)N1CCC[C@H]1C(=O)NC(CCCNC(=N)N)C(=O)N1CCC[C@H]1C(N)=O. The molecule has 5 heterocycles. The molecule has 0 bridgehead atoms. The number of amides is 9. The highest BCUT2D eigenvalue weighted by molar-refractivity contribution is 5.98. The number of primary amides is 1. The minimum Gasteiger partial charge on any atom is -0.370 e. The molecule has 67 heavy (non-hydrogen) atoms. The third-order valence-corrected chi connectivity index (χ3v) is 13.6. The quantitative estimate of drug-likeness (QED) is 0.0381. The van der Waals surface area contributed by atoms with Gasteiger partial charge >= 0.3 is 0 Å². The largest absolute Gasteiger partial charge is 0.370 e. The van der Waals surface area contributed by atoms with Gasteiger partial charge in [0.05, 0.1) is 12.6 Å². The number of nitrogens with two attached hydrogens (primary N) is 3. The van der Waals surface area contributed by atoms with Gasteiger partial charge in [0.15, 0.2) is 5.96 Å². The van der Waals surface area contributed by atoms with Crippen LogP contribution in [0.25, 0.3) is 0 Å². The molecule has 22 nitrogen and oxygen atoms in total. The molecule has 0 spiro atoms. The lowest BCUT2D eigenvalue weighted by Crippen LogP contribution is -2.59. The minimum absolute atomic E-state index is 0.0494. The first-order valence-corrected chi connectivity index (χ1v) is 24.3. The van der Waals surface area contributed by atoms with Gasteiger partial charge in [0.1, 0.15) is 42.3 Å². The van der Waals surface area contributed by atoms with Gasteiger partial charge in [0.2, 0.25) is 53.2 Å². The first-order chi connectivity index (χ1) is 31.8. The summed E-state index contributed by atoms with van der Waals surface area (Å²) in [4.78, 5) is 130. The summed E-state index contributed by atoms with van der Waals surface area (Å²) >= 11 is 0. The molecule has 5 fully saturated rings. The Morgan fingerprint density at radius 1 is 0.552 bits per heavy atom. The molecule has 11 N–H and O–H groups in total. The predicted octanol–water partition coefficient (Wildman–Crippen LogP) is -1.80. The summed E-state index contributed by atoms with van der Waals surface area (Å²) in [6.07, 6.45) is 6.00. The maximum atomic E-state index is 14.3. The molecule has 0 aromatic rings. The molecule has 5 aliphatic rings. The lowest BCUT2D eigenvalue weighted by atomic mass is 10.0. The van der Waals surface area contributed by atoms with Crippen molar-refractivity contribution in [1.29, 1.82) is 5.41 Å². The molecule has 3 unspecified atom stereocenters. The van der Waals surface area contributed by atoms with Crippen LogP contribution < -0.4 is 38.5 Å². The standard InChI is InChI=1S/C45H75N13O9/c1-26(2)23-28(46)41(64)58-22-10-16-35(58)44(67)57-21-8-13-32(57)38(61)51-25-36(59)54-18-7-14-33(54)39(62)53-30(24-27(3)4)43(66)56-20-9-15-34(56)40(63)52-29(11-5-17-50-45(48)49)42(65)55-19-6-12-31(55)37(47)60/h26-35H,5-25,46H2,1-4H3,(H2,47,60)(H,51,61)(H,52,63)(H,53,62)(H4,48,49,50)/t28?,29?,30?,31-,32-,33-,34-,35-/m0/s1. The number of guanidine groups is 1. The first kappa shape index (κ1) is 52.4. The summed E-state index contributed by atoms with van der Waals surface area (Å²) in [6, 6.07) is -6.97. The van der Waals surface area contributed by atoms with E-state index in [-0.39, 0.29) is 62.1 Å². The third kappa shape index (κ3) is 13.3. The van der Waals surface area contributed by atoms with Crippen LogP contribution >= 0.6 is 0 Å². The third-order valence-electron chi connectivity index (χ3n) is 13.6. The van der Waals surface area contributed by atoms with Gasteiger partial charge in [0.25, 0.3) is 0 Å². The van der Waals surface area contributed by atoms with Crippen LogP contribution in [-0.2, 0) is 43.2 Å². The molecule has 0 aromatic heterocycles. The number of likely N-dealkylation sites (tertiary alicyclic amines) is 5. The zero-order valence-electron chi connectivity index (χ0n) is 39.8. The van der Waals surface area contributed by atoms with E-state index in [4.69, 9.17) is 22.6 Å². The van der Waals surface area contributed by atoms with Crippen LogP contribution in [0.4, 0.5) is 0 Å². The van der Waals surface area contributed by atoms with Crippen molar-refractivity contribution in [2.75, 3.05) is 45.8 Å². The Kier molecular flexibility index (Phi) is 18.7. The van der Waals surface area contributed by atoms with Crippen molar-refractivity contribution in [3.63, 3.8) is 0 Å². The van der Waals surface area contributed by atoms with E-state index in [0.717, 1.165) is 0 Å². The van der Waals surface area contributed by atoms with Gasteiger partial charge in [-0.25, -0.2) is 0 Å². The molecule has 0 aliphatic carbocycles. The number of hydrogen-bond donors (Lipinski definition) is 8. The maximum absolute atomic E-state index is 14.3. The van der Waals surface area contributed by atoms with E-state index in [1.165, 1.54) is 19.6 Å². The van der Waals surface area contributed by atoms with Crippen molar-refractivity contribution in [2.45, 2.75) is 166 Å². The van der Waals surface area contributed by atoms with Crippen LogP contribution in [0.15, 0.2) is 0 Å². The van der Waals surface area contributed by atoms with Crippen molar-refractivity contribution in [1.82, 2.24) is 45.8 Å². The van der Waals surface area contributed by atoms with E-state index in [1.807, 2.05) is 27.7 Å². The Morgan fingerprint density at radius 3 is 1.55 bits per heavy atom. The number of nitrogens with zero attached hydrogens (tertiary/aromatic N) is 5. The monoisotopic (exact) mass is 942 g/mol. The Labute approximate surface area is 393 Å². The highest BCUT2D eigenvalue weighted by atomic mass is 16.2. The van der Waals surface area contributed by atoms with Crippen LogP contribution in [0.3, 0.4) is 0 Å². The molecule has 5 rings (SSSR count). The van der Waals surface area contributed by atoms with E-state index < -0.39 is 96.2 Å². The summed E-state index contributed by atoms with van der Waals surface area (Å²) in [5, 5.41) is 18.5.